The average molecular weight is 391 g/mol. The lowest BCUT2D eigenvalue weighted by Crippen LogP contribution is -2.35. The molecule has 3 rings (SSSR count). The highest BCUT2D eigenvalue weighted by Gasteiger charge is 2.40. The van der Waals surface area contributed by atoms with Crippen LogP contribution in [-0.4, -0.2) is 21.5 Å². The molecule has 0 unspecified atom stereocenters. The van der Waals surface area contributed by atoms with Gasteiger partial charge in [-0.3, -0.25) is 4.31 Å². The Bertz CT molecular complexity index is 900. The number of sulfonamides is 1. The van der Waals surface area contributed by atoms with E-state index < -0.39 is 26.7 Å². The molecule has 0 saturated heterocycles. The predicted octanol–water partition coefficient (Wildman–Crippen LogP) is 3.66. The molecule has 0 aromatic heterocycles. The van der Waals surface area contributed by atoms with Gasteiger partial charge >= 0.3 is 6.18 Å². The second kappa shape index (κ2) is 6.51. The van der Waals surface area contributed by atoms with E-state index in [1.807, 2.05) is 0 Å². The van der Waals surface area contributed by atoms with Crippen molar-refractivity contribution in [3.05, 3.63) is 58.6 Å². The Morgan fingerprint density at radius 3 is 2.56 bits per heavy atom. The van der Waals surface area contributed by atoms with Crippen molar-refractivity contribution < 1.29 is 21.6 Å². The first-order valence-corrected chi connectivity index (χ1v) is 9.21. The molecule has 0 saturated carbocycles. The second-order valence-corrected chi connectivity index (χ2v) is 7.79. The molecule has 4 nitrogen and oxygen atoms in total. The van der Waals surface area contributed by atoms with Crippen LogP contribution in [0.3, 0.4) is 0 Å². The van der Waals surface area contributed by atoms with Gasteiger partial charge in [0.15, 0.2) is 0 Å². The number of halogens is 4. The molecule has 0 radical (unpaired) electrons. The number of alkyl halides is 3. The van der Waals surface area contributed by atoms with Crippen LogP contribution in [0.25, 0.3) is 0 Å². The fourth-order valence-corrected chi connectivity index (χ4v) is 4.62. The van der Waals surface area contributed by atoms with E-state index in [1.165, 1.54) is 0 Å². The third-order valence-corrected chi connectivity index (χ3v) is 5.99. The maximum absolute atomic E-state index is 13.3. The highest BCUT2D eigenvalue weighted by molar-refractivity contribution is 7.92. The van der Waals surface area contributed by atoms with E-state index in [4.69, 9.17) is 11.6 Å². The molecule has 9 heteroatoms. The van der Waals surface area contributed by atoms with Crippen molar-refractivity contribution in [1.82, 2.24) is 5.32 Å². The number of nitrogens with one attached hydrogen (secondary N) is 1. The summed E-state index contributed by atoms with van der Waals surface area (Å²) < 4.78 is 67.1. The van der Waals surface area contributed by atoms with Crippen LogP contribution < -0.4 is 9.62 Å². The predicted molar refractivity (Wildman–Crippen MR) is 89.1 cm³/mol. The van der Waals surface area contributed by atoms with Gasteiger partial charge in [0.2, 0.25) is 0 Å². The largest absolute Gasteiger partial charge is 0.417 e. The summed E-state index contributed by atoms with van der Waals surface area (Å²) in [4.78, 5) is -0.805. The van der Waals surface area contributed by atoms with Crippen LogP contribution in [0, 0.1) is 0 Å². The molecule has 0 aliphatic carbocycles. The minimum absolute atomic E-state index is 0.0271. The fourth-order valence-electron chi connectivity index (χ4n) is 2.74. The van der Waals surface area contributed by atoms with Crippen molar-refractivity contribution in [1.29, 1.82) is 0 Å². The number of nitrogens with zero attached hydrogens (tertiary/aromatic N) is 1. The number of para-hydroxylation sites is 1. The lowest BCUT2D eigenvalue weighted by molar-refractivity contribution is -0.139. The van der Waals surface area contributed by atoms with Crippen molar-refractivity contribution in [2.45, 2.75) is 17.6 Å². The standard InChI is InChI=1S/C16H14ClF3N2O2S/c17-12-5-6-15(13(9-12)16(18,19)20)25(23,24)22-8-7-21-10-11-3-1-2-4-14(11)22/h1-6,9,21H,7-8,10H2. The molecule has 0 atom stereocenters. The van der Waals surface area contributed by atoms with E-state index in [1.54, 1.807) is 24.3 Å². The molecule has 0 fully saturated rings. The normalized spacial score (nSPS) is 15.6. The summed E-state index contributed by atoms with van der Waals surface area (Å²) in [6, 6.07) is 9.41. The van der Waals surface area contributed by atoms with Gasteiger partial charge in [-0.2, -0.15) is 13.2 Å². The number of fused-ring (bicyclic) bond motifs is 1. The Morgan fingerprint density at radius 1 is 1.12 bits per heavy atom. The first-order valence-electron chi connectivity index (χ1n) is 7.39. The minimum atomic E-state index is -4.84. The molecule has 134 valence electrons. The van der Waals surface area contributed by atoms with Crippen molar-refractivity contribution in [2.24, 2.45) is 0 Å². The minimum Gasteiger partial charge on any atom is -0.311 e. The Labute approximate surface area is 148 Å². The molecule has 25 heavy (non-hydrogen) atoms. The van der Waals surface area contributed by atoms with Crippen LogP contribution >= 0.6 is 11.6 Å². The lowest BCUT2D eigenvalue weighted by atomic mass is 10.2. The first-order chi connectivity index (χ1) is 11.7. The van der Waals surface area contributed by atoms with E-state index in [-0.39, 0.29) is 11.6 Å². The topological polar surface area (TPSA) is 49.4 Å². The third kappa shape index (κ3) is 3.47. The fraction of sp³-hybridized carbons (Fsp3) is 0.250. The molecule has 2 aromatic carbocycles. The van der Waals surface area contributed by atoms with Crippen LogP contribution in [0.15, 0.2) is 47.4 Å². The number of anilines is 1. The van der Waals surface area contributed by atoms with Crippen LogP contribution in [-0.2, 0) is 22.7 Å². The van der Waals surface area contributed by atoms with Crippen molar-refractivity contribution in [3.8, 4) is 0 Å². The van der Waals surface area contributed by atoms with Gasteiger partial charge < -0.3 is 5.32 Å². The Balaban J connectivity index is 2.18. The highest BCUT2D eigenvalue weighted by Crippen LogP contribution is 2.38. The maximum atomic E-state index is 13.3. The van der Waals surface area contributed by atoms with E-state index in [9.17, 15) is 21.6 Å². The molecule has 0 bridgehead atoms. The number of hydrogen-bond acceptors (Lipinski definition) is 3. The SMILES string of the molecule is O=S(=O)(c1ccc(Cl)cc1C(F)(F)F)N1CCNCc2ccccc21. The van der Waals surface area contributed by atoms with E-state index in [0.29, 0.717) is 30.4 Å². The highest BCUT2D eigenvalue weighted by atomic mass is 35.5. The van der Waals surface area contributed by atoms with E-state index in [0.717, 1.165) is 16.4 Å². The van der Waals surface area contributed by atoms with Crippen LogP contribution in [0.1, 0.15) is 11.1 Å². The lowest BCUT2D eigenvalue weighted by Gasteiger charge is -2.26. The third-order valence-electron chi connectivity index (χ3n) is 3.88. The van der Waals surface area contributed by atoms with Gasteiger partial charge in [-0.25, -0.2) is 8.42 Å². The van der Waals surface area contributed by atoms with Crippen molar-refractivity contribution in [3.63, 3.8) is 0 Å². The van der Waals surface area contributed by atoms with Gasteiger partial charge in [0.25, 0.3) is 10.0 Å². The first kappa shape index (κ1) is 18.0. The van der Waals surface area contributed by atoms with Crippen molar-refractivity contribution in [2.75, 3.05) is 17.4 Å². The summed E-state index contributed by atoms with van der Waals surface area (Å²) in [5.41, 5.74) is -0.198. The summed E-state index contributed by atoms with van der Waals surface area (Å²) in [6.07, 6.45) is -4.84. The van der Waals surface area contributed by atoms with Gasteiger partial charge in [0, 0.05) is 24.7 Å². The summed E-state index contributed by atoms with van der Waals surface area (Å²) in [5, 5.41) is 2.88. The zero-order chi connectivity index (χ0) is 18.2. The quantitative estimate of drug-likeness (QED) is 0.851. The summed E-state index contributed by atoms with van der Waals surface area (Å²) >= 11 is 5.65. The average Bonchev–Trinajstić information content (AvgIpc) is 2.76. The zero-order valence-corrected chi connectivity index (χ0v) is 14.4. The molecule has 1 heterocycles. The molecule has 1 aliphatic heterocycles. The van der Waals surface area contributed by atoms with Crippen LogP contribution in [0.2, 0.25) is 5.02 Å². The molecular weight excluding hydrogens is 377 g/mol. The Hall–Kier alpha value is -1.77. The molecule has 0 amide bonds. The molecule has 1 aliphatic rings. The Morgan fingerprint density at radius 2 is 1.84 bits per heavy atom. The van der Waals surface area contributed by atoms with Crippen LogP contribution in [0.5, 0.6) is 0 Å². The second-order valence-electron chi connectivity index (χ2n) is 5.52. The summed E-state index contributed by atoms with van der Waals surface area (Å²) in [6.45, 7) is 0.789. The summed E-state index contributed by atoms with van der Waals surface area (Å²) in [5.74, 6) is 0. The van der Waals surface area contributed by atoms with Gasteiger partial charge in [-0.1, -0.05) is 29.8 Å². The molecule has 0 spiro atoms. The van der Waals surface area contributed by atoms with Gasteiger partial charge in [0.1, 0.15) is 0 Å². The van der Waals surface area contributed by atoms with Crippen LogP contribution in [0.4, 0.5) is 18.9 Å². The van der Waals surface area contributed by atoms with Gasteiger partial charge in [0.05, 0.1) is 16.1 Å². The molecular formula is C16H14ClF3N2O2S. The van der Waals surface area contributed by atoms with Crippen molar-refractivity contribution >= 4 is 27.3 Å². The van der Waals surface area contributed by atoms with Gasteiger partial charge in [-0.05, 0) is 29.8 Å². The number of rotatable bonds is 2. The molecule has 1 N–H and O–H groups in total. The number of benzene rings is 2. The Kier molecular flexibility index (Phi) is 4.70. The summed E-state index contributed by atoms with van der Waals surface area (Å²) in [7, 11) is -4.41. The van der Waals surface area contributed by atoms with Gasteiger partial charge in [-0.15, -0.1) is 0 Å². The monoisotopic (exact) mass is 390 g/mol. The van der Waals surface area contributed by atoms with E-state index in [2.05, 4.69) is 5.32 Å². The maximum Gasteiger partial charge on any atom is 0.417 e. The zero-order valence-electron chi connectivity index (χ0n) is 12.8. The number of hydrogen-bond donors (Lipinski definition) is 1. The molecule has 2 aromatic rings. The smallest absolute Gasteiger partial charge is 0.311 e. The van der Waals surface area contributed by atoms with E-state index >= 15 is 0 Å².